The van der Waals surface area contributed by atoms with Crippen LogP contribution in [0, 0.1) is 13.1 Å². The quantitative estimate of drug-likeness (QED) is 0.640. The molecule has 2 aromatic rings. The first-order chi connectivity index (χ1) is 5.38. The molecule has 2 heterocycles. The Morgan fingerprint density at radius 3 is 2.92 bits per heavy atom. The van der Waals surface area contributed by atoms with Gasteiger partial charge in [0.25, 0.3) is 0 Å². The molecule has 0 atom stereocenters. The number of nitrogens with zero attached hydrogens (tertiary/aromatic N) is 3. The van der Waals surface area contributed by atoms with E-state index in [0.29, 0.717) is 0 Å². The molecule has 12 heavy (non-hydrogen) atoms. The van der Waals surface area contributed by atoms with Gasteiger partial charge >= 0.3 is 0 Å². The predicted octanol–water partition coefficient (Wildman–Crippen LogP) is 1.13. The number of aromatic nitrogens is 3. The van der Waals surface area contributed by atoms with Gasteiger partial charge in [-0.15, -0.1) is 6.07 Å². The van der Waals surface area contributed by atoms with Crippen molar-refractivity contribution >= 4 is 10.9 Å². The minimum absolute atomic E-state index is 0. The van der Waals surface area contributed by atoms with E-state index in [1.54, 1.807) is 18.6 Å². The predicted molar refractivity (Wildman–Crippen MR) is 40.9 cm³/mol. The van der Waals surface area contributed by atoms with E-state index < -0.39 is 0 Å². The summed E-state index contributed by atoms with van der Waals surface area (Å²) in [7, 11) is 0. The molecule has 0 fully saturated rings. The van der Waals surface area contributed by atoms with Gasteiger partial charge in [0.15, 0.2) is 0 Å². The molecule has 4 heteroatoms. The Labute approximate surface area is 95.5 Å². The van der Waals surface area contributed by atoms with Crippen molar-refractivity contribution in [3.63, 3.8) is 0 Å². The summed E-state index contributed by atoms with van der Waals surface area (Å²) in [4.78, 5) is 12.0. The smallest absolute Gasteiger partial charge is 0.102 e. The minimum atomic E-state index is 0. The molecule has 0 saturated carbocycles. The normalized spacial score (nSPS) is 9.42. The second kappa shape index (κ2) is 4.01. The molecule has 0 aliphatic carbocycles. The third-order valence-electron chi connectivity index (χ3n) is 1.58. The van der Waals surface area contributed by atoms with Gasteiger partial charge in [-0.2, -0.15) is 0 Å². The Kier molecular flexibility index (Phi) is 3.23. The zero-order valence-electron chi connectivity index (χ0n) is 6.65. The molecule has 2 rings (SSSR count). The third-order valence-corrected chi connectivity index (χ3v) is 1.58. The Balaban J connectivity index is 0.000000720. The minimum Gasteiger partial charge on any atom is -0.393 e. The largest absolute Gasteiger partial charge is 0.393 e. The van der Waals surface area contributed by atoms with Crippen LogP contribution >= 0.6 is 0 Å². The van der Waals surface area contributed by atoms with Crippen LogP contribution in [0.1, 0.15) is 5.69 Å². The van der Waals surface area contributed by atoms with Crippen LogP contribution < -0.4 is 0 Å². The Bertz CT molecular complexity index is 383. The fourth-order valence-electron chi connectivity index (χ4n) is 0.977. The van der Waals surface area contributed by atoms with Gasteiger partial charge in [0.2, 0.25) is 0 Å². The number of aryl methyl sites for hydroxylation is 1. The van der Waals surface area contributed by atoms with Gasteiger partial charge in [-0.25, -0.2) is 4.98 Å². The van der Waals surface area contributed by atoms with Gasteiger partial charge in [0, 0.05) is 38.4 Å². The first-order valence-electron chi connectivity index (χ1n) is 3.31. The van der Waals surface area contributed by atoms with Crippen molar-refractivity contribution in [3.05, 3.63) is 30.5 Å². The number of hydrogen-bond donors (Lipinski definition) is 0. The van der Waals surface area contributed by atoms with Crippen LogP contribution in [0.2, 0.25) is 0 Å². The van der Waals surface area contributed by atoms with E-state index in [9.17, 15) is 0 Å². The van der Waals surface area contributed by atoms with Crippen LogP contribution in [0.4, 0.5) is 0 Å². The summed E-state index contributed by atoms with van der Waals surface area (Å²) in [5, 5.41) is 0.992. The molecular weight excluding hydrogens is 227 g/mol. The van der Waals surface area contributed by atoms with E-state index in [0.717, 1.165) is 16.6 Å². The molecule has 3 nitrogen and oxygen atoms in total. The zero-order valence-corrected chi connectivity index (χ0v) is 9.49. The van der Waals surface area contributed by atoms with Gasteiger partial charge in [-0.3, -0.25) is 0 Å². The van der Waals surface area contributed by atoms with Crippen LogP contribution in [0.3, 0.4) is 0 Å². The fourth-order valence-corrected chi connectivity index (χ4v) is 0.977. The van der Waals surface area contributed by atoms with Crippen LogP contribution in [-0.2, 0) is 32.7 Å². The topological polar surface area (TPSA) is 38.7 Å². The average molecular weight is 233 g/mol. The maximum absolute atomic E-state index is 4.06. The summed E-state index contributed by atoms with van der Waals surface area (Å²) < 4.78 is 0. The van der Waals surface area contributed by atoms with Crippen LogP contribution in [-0.4, -0.2) is 15.0 Å². The first kappa shape index (κ1) is 9.68. The molecule has 0 aliphatic heterocycles. The molecule has 0 spiro atoms. The summed E-state index contributed by atoms with van der Waals surface area (Å²) in [5.74, 6) is 0. The second-order valence-corrected chi connectivity index (χ2v) is 2.29. The Hall–Kier alpha value is -0.406. The molecule has 0 aromatic carbocycles. The molecule has 0 aliphatic rings. The van der Waals surface area contributed by atoms with Gasteiger partial charge < -0.3 is 9.97 Å². The Morgan fingerprint density at radius 1 is 1.33 bits per heavy atom. The first-order valence-corrected chi connectivity index (χ1v) is 3.31. The monoisotopic (exact) mass is 233 g/mol. The van der Waals surface area contributed by atoms with Gasteiger partial charge in [-0.05, 0) is 12.4 Å². The average Bonchev–Trinajstić information content (AvgIpc) is 2.06. The summed E-state index contributed by atoms with van der Waals surface area (Å²) >= 11 is 0. The fraction of sp³-hybridized carbons (Fsp3) is 0.125. The zero-order chi connectivity index (χ0) is 7.68. The van der Waals surface area contributed by atoms with Crippen molar-refractivity contribution in [2.75, 3.05) is 0 Å². The summed E-state index contributed by atoms with van der Waals surface area (Å²) in [6, 6.07) is 1.75. The second-order valence-electron chi connectivity index (χ2n) is 2.29. The van der Waals surface area contributed by atoms with Crippen molar-refractivity contribution in [3.8, 4) is 0 Å². The van der Waals surface area contributed by atoms with E-state index in [-0.39, 0.29) is 32.7 Å². The Morgan fingerprint density at radius 2 is 2.17 bits per heavy atom. The summed E-state index contributed by atoms with van der Waals surface area (Å²) in [6.45, 7) is 1.94. The van der Waals surface area contributed by atoms with Crippen molar-refractivity contribution < 1.29 is 32.7 Å². The molecule has 1 radical (unpaired) electrons. The van der Waals surface area contributed by atoms with E-state index in [2.05, 4.69) is 21.1 Å². The van der Waals surface area contributed by atoms with Crippen LogP contribution in [0.5, 0.6) is 0 Å². The molecule has 0 N–H and O–H groups in total. The molecule has 0 bridgehead atoms. The maximum Gasteiger partial charge on any atom is 0.102 e. The summed E-state index contributed by atoms with van der Waals surface area (Å²) in [6.07, 6.45) is 6.00. The van der Waals surface area contributed by atoms with Gasteiger partial charge in [0.1, 0.15) is 6.33 Å². The van der Waals surface area contributed by atoms with Crippen LogP contribution in [0.15, 0.2) is 18.6 Å². The van der Waals surface area contributed by atoms with Crippen LogP contribution in [0.25, 0.3) is 10.9 Å². The molecule has 57 valence electrons. The van der Waals surface area contributed by atoms with E-state index in [4.69, 9.17) is 0 Å². The number of fused-ring (bicyclic) bond motifs is 1. The number of hydrogen-bond acceptors (Lipinski definition) is 3. The van der Waals surface area contributed by atoms with Crippen molar-refractivity contribution in [2.24, 2.45) is 0 Å². The number of pyridine rings is 1. The SMILES string of the molecule is Cc1ncnc2c[c-]ncc12.[Y]. The molecule has 0 unspecified atom stereocenters. The molecule has 2 aromatic heterocycles. The molecule has 0 amide bonds. The summed E-state index contributed by atoms with van der Waals surface area (Å²) in [5.41, 5.74) is 1.85. The number of rotatable bonds is 0. The third kappa shape index (κ3) is 1.67. The molecule has 0 saturated heterocycles. The van der Waals surface area contributed by atoms with Gasteiger partial charge in [0.05, 0.1) is 0 Å². The van der Waals surface area contributed by atoms with Crippen molar-refractivity contribution in [1.82, 2.24) is 15.0 Å². The van der Waals surface area contributed by atoms with Crippen molar-refractivity contribution in [2.45, 2.75) is 6.92 Å². The molecular formula is C8H6N3Y-. The van der Waals surface area contributed by atoms with E-state index >= 15 is 0 Å². The van der Waals surface area contributed by atoms with E-state index in [1.165, 1.54) is 0 Å². The van der Waals surface area contributed by atoms with Crippen molar-refractivity contribution in [1.29, 1.82) is 0 Å². The van der Waals surface area contributed by atoms with E-state index in [1.807, 2.05) is 6.92 Å². The standard InChI is InChI=1S/C8H6N3.Y/c1-6-7-4-9-3-2-8(7)11-5-10-6;/h2,4-5H,1H3;/q-1;. The van der Waals surface area contributed by atoms with Gasteiger partial charge in [-0.1, -0.05) is 17.8 Å². The maximum atomic E-state index is 4.06.